The van der Waals surface area contributed by atoms with Crippen molar-refractivity contribution in [2.45, 2.75) is 44.1 Å². The maximum atomic E-state index is 12.3. The minimum absolute atomic E-state index is 0.0581. The molecular weight excluding hydrogens is 256 g/mol. The molecule has 0 spiro atoms. The van der Waals surface area contributed by atoms with Crippen molar-refractivity contribution in [3.05, 3.63) is 29.8 Å². The van der Waals surface area contributed by atoms with Crippen LogP contribution in [-0.4, -0.2) is 22.5 Å². The first kappa shape index (κ1) is 14.5. The van der Waals surface area contributed by atoms with E-state index >= 15 is 0 Å². The van der Waals surface area contributed by atoms with Gasteiger partial charge in [-0.25, -0.2) is 0 Å². The van der Waals surface area contributed by atoms with Crippen LogP contribution in [0.1, 0.15) is 37.7 Å². The highest BCUT2D eigenvalue weighted by molar-refractivity contribution is 5.98. The molecule has 1 aromatic carbocycles. The third-order valence-electron chi connectivity index (χ3n) is 3.74. The fourth-order valence-corrected chi connectivity index (χ4v) is 2.60. The zero-order chi connectivity index (χ0) is 14.6. The van der Waals surface area contributed by atoms with Crippen LogP contribution >= 0.6 is 0 Å². The van der Waals surface area contributed by atoms with Crippen LogP contribution < -0.4 is 11.1 Å². The van der Waals surface area contributed by atoms with Crippen molar-refractivity contribution in [1.82, 2.24) is 0 Å². The second kappa shape index (κ2) is 6.05. The summed E-state index contributed by atoms with van der Waals surface area (Å²) in [4.78, 5) is 23.0. The molecule has 20 heavy (non-hydrogen) atoms. The van der Waals surface area contributed by atoms with Crippen molar-refractivity contribution >= 4 is 17.6 Å². The van der Waals surface area contributed by atoms with Gasteiger partial charge in [-0.05, 0) is 30.5 Å². The Morgan fingerprint density at radius 3 is 2.60 bits per heavy atom. The van der Waals surface area contributed by atoms with Crippen LogP contribution in [0.4, 0.5) is 5.69 Å². The van der Waals surface area contributed by atoms with Crippen molar-refractivity contribution in [3.63, 3.8) is 0 Å². The molecule has 0 radical (unpaired) electrons. The van der Waals surface area contributed by atoms with Gasteiger partial charge in [0, 0.05) is 5.69 Å². The Balaban J connectivity index is 2.05. The highest BCUT2D eigenvalue weighted by atomic mass is 16.4. The maximum absolute atomic E-state index is 12.3. The van der Waals surface area contributed by atoms with E-state index in [-0.39, 0.29) is 12.3 Å². The number of nitrogens with one attached hydrogen (secondary N) is 1. The van der Waals surface area contributed by atoms with Gasteiger partial charge in [0.15, 0.2) is 0 Å². The van der Waals surface area contributed by atoms with Crippen molar-refractivity contribution < 1.29 is 14.7 Å². The minimum Gasteiger partial charge on any atom is -0.481 e. The first-order valence-corrected chi connectivity index (χ1v) is 6.91. The number of hydrogen-bond donors (Lipinski definition) is 3. The fourth-order valence-electron chi connectivity index (χ4n) is 2.60. The molecule has 4 N–H and O–H groups in total. The van der Waals surface area contributed by atoms with E-state index in [1.807, 2.05) is 0 Å². The molecule has 0 aromatic heterocycles. The normalized spacial score (nSPS) is 17.4. The summed E-state index contributed by atoms with van der Waals surface area (Å²) in [7, 11) is 0. The van der Waals surface area contributed by atoms with Crippen LogP contribution in [0.3, 0.4) is 0 Å². The second-order valence-electron chi connectivity index (χ2n) is 5.44. The average molecular weight is 276 g/mol. The molecule has 1 aliphatic carbocycles. The third-order valence-corrected chi connectivity index (χ3v) is 3.74. The van der Waals surface area contributed by atoms with Crippen LogP contribution in [-0.2, 0) is 16.0 Å². The van der Waals surface area contributed by atoms with E-state index in [0.29, 0.717) is 24.1 Å². The smallest absolute Gasteiger partial charge is 0.307 e. The summed E-state index contributed by atoms with van der Waals surface area (Å²) in [5.41, 5.74) is 6.63. The summed E-state index contributed by atoms with van der Waals surface area (Å²) in [6.45, 7) is 0. The molecule has 0 heterocycles. The van der Waals surface area contributed by atoms with E-state index in [1.54, 1.807) is 24.3 Å². The summed E-state index contributed by atoms with van der Waals surface area (Å²) < 4.78 is 0. The van der Waals surface area contributed by atoms with Crippen LogP contribution in [0.25, 0.3) is 0 Å². The average Bonchev–Trinajstić information content (AvgIpc) is 2.39. The largest absolute Gasteiger partial charge is 0.481 e. The molecule has 1 aromatic rings. The Bertz CT molecular complexity index is 508. The molecule has 5 nitrogen and oxygen atoms in total. The predicted molar refractivity (Wildman–Crippen MR) is 76.4 cm³/mol. The van der Waals surface area contributed by atoms with Crippen molar-refractivity contribution in [3.8, 4) is 0 Å². The van der Waals surface area contributed by atoms with Gasteiger partial charge < -0.3 is 16.2 Å². The topological polar surface area (TPSA) is 92.4 Å². The summed E-state index contributed by atoms with van der Waals surface area (Å²) in [6.07, 6.45) is 4.42. The first-order valence-electron chi connectivity index (χ1n) is 6.91. The van der Waals surface area contributed by atoms with E-state index in [0.717, 1.165) is 19.3 Å². The van der Waals surface area contributed by atoms with Crippen molar-refractivity contribution in [2.24, 2.45) is 5.73 Å². The summed E-state index contributed by atoms with van der Waals surface area (Å²) in [6, 6.07) is 6.88. The lowest BCUT2D eigenvalue weighted by molar-refractivity contribution is -0.136. The predicted octanol–water partition coefficient (Wildman–Crippen LogP) is 1.91. The molecule has 0 unspecified atom stereocenters. The number of anilines is 1. The second-order valence-corrected chi connectivity index (χ2v) is 5.44. The molecule has 1 aliphatic rings. The summed E-state index contributed by atoms with van der Waals surface area (Å²) in [5.74, 6) is -1.07. The van der Waals surface area contributed by atoms with Gasteiger partial charge in [0.05, 0.1) is 12.0 Å². The maximum Gasteiger partial charge on any atom is 0.307 e. The SMILES string of the molecule is NC1(C(=O)Nc2cccc(CC(=O)O)c2)CCCCC1. The van der Waals surface area contributed by atoms with Crippen LogP contribution in [0.2, 0.25) is 0 Å². The molecule has 0 bridgehead atoms. The lowest BCUT2D eigenvalue weighted by Crippen LogP contribution is -2.52. The Hall–Kier alpha value is -1.88. The standard InChI is InChI=1S/C15H20N2O3/c16-15(7-2-1-3-8-15)14(20)17-12-6-4-5-11(9-12)10-13(18)19/h4-6,9H,1-3,7-8,10,16H2,(H,17,20)(H,18,19). The number of rotatable bonds is 4. The minimum atomic E-state index is -0.893. The quantitative estimate of drug-likeness (QED) is 0.783. The Kier molecular flexibility index (Phi) is 4.39. The van der Waals surface area contributed by atoms with Crippen LogP contribution in [0.5, 0.6) is 0 Å². The highest BCUT2D eigenvalue weighted by Gasteiger charge is 2.35. The van der Waals surface area contributed by atoms with Gasteiger partial charge in [-0.2, -0.15) is 0 Å². The van der Waals surface area contributed by atoms with Gasteiger partial charge >= 0.3 is 5.97 Å². The van der Waals surface area contributed by atoms with Crippen LogP contribution in [0, 0.1) is 0 Å². The molecule has 0 atom stereocenters. The number of carbonyl (C=O) groups excluding carboxylic acids is 1. The third kappa shape index (κ3) is 3.57. The van der Waals surface area contributed by atoms with Crippen LogP contribution in [0.15, 0.2) is 24.3 Å². The van der Waals surface area contributed by atoms with E-state index in [4.69, 9.17) is 10.8 Å². The molecule has 1 amide bonds. The number of carboxylic acids is 1. The van der Waals surface area contributed by atoms with Gasteiger partial charge in [-0.15, -0.1) is 0 Å². The van der Waals surface area contributed by atoms with Crippen molar-refractivity contribution in [2.75, 3.05) is 5.32 Å². The van der Waals surface area contributed by atoms with Gasteiger partial charge in [0.25, 0.3) is 0 Å². The monoisotopic (exact) mass is 276 g/mol. The van der Waals surface area contributed by atoms with Crippen molar-refractivity contribution in [1.29, 1.82) is 0 Å². The molecule has 1 saturated carbocycles. The van der Waals surface area contributed by atoms with Gasteiger partial charge in [0.2, 0.25) is 5.91 Å². The summed E-state index contributed by atoms with van der Waals surface area (Å²) in [5, 5.41) is 11.6. The molecular formula is C15H20N2O3. The zero-order valence-corrected chi connectivity index (χ0v) is 11.4. The number of benzene rings is 1. The van der Waals surface area contributed by atoms with Gasteiger partial charge in [-0.3, -0.25) is 9.59 Å². The van der Waals surface area contributed by atoms with E-state index in [1.165, 1.54) is 0 Å². The molecule has 2 rings (SSSR count). The van der Waals surface area contributed by atoms with E-state index < -0.39 is 11.5 Å². The molecule has 1 fully saturated rings. The number of carboxylic acid groups (broad SMARTS) is 1. The number of carbonyl (C=O) groups is 2. The first-order chi connectivity index (χ1) is 9.49. The van der Waals surface area contributed by atoms with E-state index in [2.05, 4.69) is 5.32 Å². The molecule has 5 heteroatoms. The summed E-state index contributed by atoms with van der Waals surface area (Å²) >= 11 is 0. The molecule has 0 saturated heterocycles. The Morgan fingerprint density at radius 2 is 1.95 bits per heavy atom. The lowest BCUT2D eigenvalue weighted by Gasteiger charge is -2.31. The fraction of sp³-hybridized carbons (Fsp3) is 0.467. The highest BCUT2D eigenvalue weighted by Crippen LogP contribution is 2.27. The Labute approximate surface area is 118 Å². The number of hydrogen-bond acceptors (Lipinski definition) is 3. The molecule has 108 valence electrons. The van der Waals surface area contributed by atoms with Gasteiger partial charge in [-0.1, -0.05) is 31.4 Å². The van der Waals surface area contributed by atoms with E-state index in [9.17, 15) is 9.59 Å². The number of amides is 1. The lowest BCUT2D eigenvalue weighted by atomic mass is 9.82. The van der Waals surface area contributed by atoms with Gasteiger partial charge in [0.1, 0.15) is 0 Å². The Morgan fingerprint density at radius 1 is 1.25 bits per heavy atom. The molecule has 0 aliphatic heterocycles. The zero-order valence-electron chi connectivity index (χ0n) is 11.4. The number of aliphatic carboxylic acids is 1. The number of nitrogens with two attached hydrogens (primary N) is 1.